The minimum atomic E-state index is 0.124. The quantitative estimate of drug-likeness (QED) is 0.0519. The molecule has 4 aromatic rings. The Balaban J connectivity index is 1.82. The van der Waals surface area contributed by atoms with Crippen LogP contribution in [0.25, 0.3) is 21.8 Å². The van der Waals surface area contributed by atoms with Gasteiger partial charge < -0.3 is 4.57 Å². The number of unbranched alkanes of at least 4 members (excludes halogenated alkanes) is 2. The van der Waals surface area contributed by atoms with E-state index in [0.29, 0.717) is 22.2 Å². The summed E-state index contributed by atoms with van der Waals surface area (Å²) < 4.78 is 2.34. The molecule has 1 atom stereocenters. The largest absolute Gasteiger partial charge is 0.336 e. The highest BCUT2D eigenvalue weighted by atomic mass is 16.1. The van der Waals surface area contributed by atoms with Gasteiger partial charge in [-0.05, 0) is 101 Å². The molecule has 2 heteroatoms. The van der Waals surface area contributed by atoms with Crippen molar-refractivity contribution in [1.82, 2.24) is 4.57 Å². The van der Waals surface area contributed by atoms with E-state index < -0.39 is 0 Å². The lowest BCUT2D eigenvalue weighted by Crippen LogP contribution is -2.41. The minimum absolute atomic E-state index is 0.124. The highest BCUT2D eigenvalue weighted by molar-refractivity contribution is 5.93. The number of benzene rings is 3. The molecule has 0 N–H and O–H groups in total. The molecule has 0 saturated heterocycles. The fourth-order valence-electron chi connectivity index (χ4n) is 11.1. The van der Waals surface area contributed by atoms with E-state index in [9.17, 15) is 4.79 Å². The molecule has 0 fully saturated rings. The molecule has 0 bridgehead atoms. The predicted molar refractivity (Wildman–Crippen MR) is 239 cm³/mol. The van der Waals surface area contributed by atoms with Crippen LogP contribution in [0.5, 0.6) is 0 Å². The molecular formula is C52H79NO. The summed E-state index contributed by atoms with van der Waals surface area (Å²) in [6, 6.07) is 25.9. The summed E-state index contributed by atoms with van der Waals surface area (Å²) in [5.41, 5.74) is 6.41. The molecule has 1 heterocycles. The zero-order valence-electron chi connectivity index (χ0n) is 36.6. The minimum Gasteiger partial charge on any atom is -0.336 e. The number of nitrogens with zero attached hydrogens (tertiary/aromatic N) is 1. The van der Waals surface area contributed by atoms with Gasteiger partial charge in [-0.2, -0.15) is 0 Å². The zero-order valence-corrected chi connectivity index (χ0v) is 36.6. The summed E-state index contributed by atoms with van der Waals surface area (Å²) in [5, 5.41) is 1.59. The van der Waals surface area contributed by atoms with Gasteiger partial charge in [0.15, 0.2) is 5.43 Å². The van der Waals surface area contributed by atoms with Crippen LogP contribution in [0.3, 0.4) is 0 Å². The van der Waals surface area contributed by atoms with Crippen LogP contribution < -0.4 is 5.43 Å². The van der Waals surface area contributed by atoms with Crippen LogP contribution >= 0.6 is 0 Å². The zero-order chi connectivity index (χ0) is 39.4. The van der Waals surface area contributed by atoms with Crippen LogP contribution in [0.1, 0.15) is 195 Å². The molecule has 3 aromatic carbocycles. The standard InChI is InChI=1S/C52H79NO/c1-11-21-26-35-51(19-9,20-10)40-52(38-49(13-3,14-4)15-5,39-50(16-6,17-7)18-8)36-42(12-2)43-33-31-41(32-34-43)37-53-46-29-24-22-27-44(46)48(54)45-28-23-25-30-47(45)53/h22-25,27-34,42H,11-21,26,35-40H2,1-10H3. The normalized spacial score (nSPS) is 13.6. The summed E-state index contributed by atoms with van der Waals surface area (Å²) in [6.45, 7) is 25.5. The average molecular weight is 734 g/mol. The lowest BCUT2D eigenvalue weighted by molar-refractivity contribution is -0.0144. The fourth-order valence-corrected chi connectivity index (χ4v) is 11.1. The second-order valence-corrected chi connectivity index (χ2v) is 17.8. The van der Waals surface area contributed by atoms with Gasteiger partial charge in [0.1, 0.15) is 0 Å². The van der Waals surface area contributed by atoms with Crippen molar-refractivity contribution >= 4 is 21.8 Å². The average Bonchev–Trinajstić information content (AvgIpc) is 3.22. The SMILES string of the molecule is CCCCCC(CC)(CC)CC(CC(CC)c1ccc(Cn2c3ccccc3c(=O)c3ccccc32)cc1)(CC(CC)(CC)CC)CC(CC)(CC)CC. The van der Waals surface area contributed by atoms with E-state index >= 15 is 0 Å². The van der Waals surface area contributed by atoms with Crippen LogP contribution in [0.2, 0.25) is 0 Å². The lowest BCUT2D eigenvalue weighted by Gasteiger charge is -2.53. The molecule has 2 nitrogen and oxygen atoms in total. The summed E-state index contributed by atoms with van der Waals surface area (Å²) in [6.07, 6.45) is 22.2. The number of rotatable bonds is 24. The third-order valence-electron chi connectivity index (χ3n) is 15.4. The topological polar surface area (TPSA) is 22.0 Å². The highest BCUT2D eigenvalue weighted by Gasteiger charge is 2.48. The maximum Gasteiger partial charge on any atom is 0.197 e. The Bertz CT molecular complexity index is 1670. The first-order valence-corrected chi connectivity index (χ1v) is 22.6. The molecule has 54 heavy (non-hydrogen) atoms. The summed E-state index contributed by atoms with van der Waals surface area (Å²) in [5.74, 6) is 0.529. The van der Waals surface area contributed by atoms with Gasteiger partial charge >= 0.3 is 0 Å². The molecule has 0 radical (unpaired) electrons. The first-order chi connectivity index (χ1) is 26.0. The van der Waals surface area contributed by atoms with Crippen LogP contribution in [0.15, 0.2) is 77.6 Å². The molecule has 0 aliphatic carbocycles. The molecular weight excluding hydrogens is 655 g/mol. The van der Waals surface area contributed by atoms with E-state index in [-0.39, 0.29) is 10.8 Å². The van der Waals surface area contributed by atoms with E-state index in [1.165, 1.54) is 120 Å². The first-order valence-electron chi connectivity index (χ1n) is 22.6. The third kappa shape index (κ3) is 9.73. The van der Waals surface area contributed by atoms with Crippen molar-refractivity contribution in [3.8, 4) is 0 Å². The maximum absolute atomic E-state index is 13.4. The Morgan fingerprint density at radius 1 is 0.519 bits per heavy atom. The molecule has 0 amide bonds. The molecule has 1 aromatic heterocycles. The van der Waals surface area contributed by atoms with Gasteiger partial charge in [-0.25, -0.2) is 0 Å². The van der Waals surface area contributed by atoms with Gasteiger partial charge in [0.25, 0.3) is 0 Å². The summed E-state index contributed by atoms with van der Waals surface area (Å²) >= 11 is 0. The molecule has 0 spiro atoms. The van der Waals surface area contributed by atoms with E-state index in [0.717, 1.165) is 28.4 Å². The Kier molecular flexibility index (Phi) is 16.1. The highest BCUT2D eigenvalue weighted by Crippen LogP contribution is 2.60. The molecule has 4 rings (SSSR count). The smallest absolute Gasteiger partial charge is 0.197 e. The Hall–Kier alpha value is -2.87. The van der Waals surface area contributed by atoms with Crippen LogP contribution in [0, 0.1) is 21.7 Å². The van der Waals surface area contributed by atoms with E-state index in [4.69, 9.17) is 0 Å². The van der Waals surface area contributed by atoms with Crippen molar-refractivity contribution in [1.29, 1.82) is 0 Å². The van der Waals surface area contributed by atoms with Crippen molar-refractivity contribution in [3.05, 3.63) is 94.1 Å². The molecule has 0 saturated carbocycles. The molecule has 298 valence electrons. The number of para-hydroxylation sites is 2. The molecule has 0 aliphatic heterocycles. The van der Waals surface area contributed by atoms with Gasteiger partial charge in [0.2, 0.25) is 0 Å². The Morgan fingerprint density at radius 3 is 1.39 bits per heavy atom. The van der Waals surface area contributed by atoms with Crippen molar-refractivity contribution < 1.29 is 0 Å². The van der Waals surface area contributed by atoms with Gasteiger partial charge in [0, 0.05) is 17.3 Å². The second-order valence-electron chi connectivity index (χ2n) is 17.8. The van der Waals surface area contributed by atoms with Gasteiger partial charge in [-0.3, -0.25) is 4.79 Å². The summed E-state index contributed by atoms with van der Waals surface area (Å²) in [4.78, 5) is 13.4. The van der Waals surface area contributed by atoms with E-state index in [1.807, 2.05) is 24.3 Å². The monoisotopic (exact) mass is 734 g/mol. The Morgan fingerprint density at radius 2 is 0.963 bits per heavy atom. The van der Waals surface area contributed by atoms with Gasteiger partial charge in [-0.15, -0.1) is 0 Å². The fraction of sp³-hybridized carbons (Fsp3) is 0.635. The Labute approximate surface area is 331 Å². The van der Waals surface area contributed by atoms with Crippen LogP contribution in [-0.2, 0) is 6.54 Å². The van der Waals surface area contributed by atoms with Gasteiger partial charge in [-0.1, -0.05) is 188 Å². The molecule has 0 aliphatic rings. The summed E-state index contributed by atoms with van der Waals surface area (Å²) in [7, 11) is 0. The third-order valence-corrected chi connectivity index (χ3v) is 15.4. The second kappa shape index (κ2) is 19.8. The van der Waals surface area contributed by atoms with Crippen LogP contribution in [-0.4, -0.2) is 4.57 Å². The van der Waals surface area contributed by atoms with E-state index in [1.54, 1.807) is 0 Å². The van der Waals surface area contributed by atoms with Crippen LogP contribution in [0.4, 0.5) is 0 Å². The maximum atomic E-state index is 13.4. The number of hydrogen-bond donors (Lipinski definition) is 0. The molecule has 1 unspecified atom stereocenters. The van der Waals surface area contributed by atoms with Crippen molar-refractivity contribution in [3.63, 3.8) is 0 Å². The lowest BCUT2D eigenvalue weighted by atomic mass is 9.52. The number of pyridine rings is 1. The number of aromatic nitrogens is 1. The van der Waals surface area contributed by atoms with Crippen molar-refractivity contribution in [2.45, 2.75) is 191 Å². The number of hydrogen-bond acceptors (Lipinski definition) is 1. The predicted octanol–water partition coefficient (Wildman–Crippen LogP) is 16.1. The van der Waals surface area contributed by atoms with Crippen molar-refractivity contribution in [2.24, 2.45) is 21.7 Å². The van der Waals surface area contributed by atoms with Crippen molar-refractivity contribution in [2.75, 3.05) is 0 Å². The van der Waals surface area contributed by atoms with Gasteiger partial charge in [0.05, 0.1) is 11.0 Å². The first kappa shape index (κ1) is 43.9. The number of fused-ring (bicyclic) bond motifs is 2. The van der Waals surface area contributed by atoms with E-state index in [2.05, 4.69) is 122 Å².